The Hall–Kier alpha value is -0.780. The second-order valence-electron chi connectivity index (χ2n) is 5.50. The fraction of sp³-hybridized carbons (Fsp3) is 0.923. The van der Waals surface area contributed by atoms with Gasteiger partial charge in [0.15, 0.2) is 0 Å². The number of esters is 1. The molecule has 1 fully saturated rings. The first-order chi connectivity index (χ1) is 8.75. The van der Waals surface area contributed by atoms with E-state index in [-0.39, 0.29) is 30.8 Å². The highest BCUT2D eigenvalue weighted by molar-refractivity contribution is 5.75. The molecule has 1 N–H and O–H groups in total. The van der Waals surface area contributed by atoms with Crippen molar-refractivity contribution < 1.29 is 22.7 Å². The van der Waals surface area contributed by atoms with Crippen LogP contribution in [0, 0.1) is 11.8 Å². The highest BCUT2D eigenvalue weighted by Crippen LogP contribution is 2.37. The predicted molar refractivity (Wildman–Crippen MR) is 65.6 cm³/mol. The number of methoxy groups -OCH3 is 1. The second kappa shape index (κ2) is 6.59. The van der Waals surface area contributed by atoms with E-state index in [1.54, 1.807) is 0 Å². The summed E-state index contributed by atoms with van der Waals surface area (Å²) in [6.45, 7) is 3.77. The minimum atomic E-state index is -4.09. The van der Waals surface area contributed by atoms with Gasteiger partial charge < -0.3 is 10.1 Å². The number of carbonyl (C=O) groups excluding carboxylic acids is 1. The van der Waals surface area contributed by atoms with Crippen LogP contribution in [-0.4, -0.2) is 31.3 Å². The molecule has 0 aliphatic heterocycles. The molecular formula is C13H22F3NO2. The molecule has 19 heavy (non-hydrogen) atoms. The average Bonchev–Trinajstić information content (AvgIpc) is 2.34. The van der Waals surface area contributed by atoms with Crippen molar-refractivity contribution in [1.29, 1.82) is 0 Å². The molecule has 3 nitrogen and oxygen atoms in total. The van der Waals surface area contributed by atoms with Crippen molar-refractivity contribution in [2.75, 3.05) is 7.11 Å². The molecule has 112 valence electrons. The van der Waals surface area contributed by atoms with E-state index < -0.39 is 18.1 Å². The Morgan fingerprint density at radius 3 is 2.11 bits per heavy atom. The first kappa shape index (κ1) is 16.3. The van der Waals surface area contributed by atoms with Gasteiger partial charge in [0.1, 0.15) is 6.04 Å². The number of alkyl halides is 3. The Morgan fingerprint density at radius 1 is 1.21 bits per heavy atom. The zero-order valence-corrected chi connectivity index (χ0v) is 11.6. The molecule has 0 bridgehead atoms. The maximum absolute atomic E-state index is 12.5. The van der Waals surface area contributed by atoms with Gasteiger partial charge in [-0.3, -0.25) is 4.79 Å². The summed E-state index contributed by atoms with van der Waals surface area (Å²) in [6.07, 6.45) is -2.93. The molecule has 1 unspecified atom stereocenters. The maximum atomic E-state index is 12.5. The second-order valence-corrected chi connectivity index (χ2v) is 5.50. The van der Waals surface area contributed by atoms with Crippen molar-refractivity contribution in [2.24, 2.45) is 11.8 Å². The highest BCUT2D eigenvalue weighted by Gasteiger charge is 2.41. The normalized spacial score (nSPS) is 26.3. The van der Waals surface area contributed by atoms with Crippen molar-refractivity contribution in [2.45, 2.75) is 57.8 Å². The number of carbonyl (C=O) groups is 1. The fourth-order valence-corrected chi connectivity index (χ4v) is 2.50. The van der Waals surface area contributed by atoms with E-state index in [1.165, 1.54) is 7.11 Å². The first-order valence-electron chi connectivity index (χ1n) is 6.66. The van der Waals surface area contributed by atoms with Crippen LogP contribution >= 0.6 is 0 Å². The summed E-state index contributed by atoms with van der Waals surface area (Å²) in [5.41, 5.74) is 0. The van der Waals surface area contributed by atoms with Crippen molar-refractivity contribution in [3.63, 3.8) is 0 Å². The molecule has 0 aromatic carbocycles. The van der Waals surface area contributed by atoms with Gasteiger partial charge in [0.05, 0.1) is 13.0 Å². The Bertz CT molecular complexity index is 297. The van der Waals surface area contributed by atoms with Crippen molar-refractivity contribution in [3.8, 4) is 0 Å². The summed E-state index contributed by atoms with van der Waals surface area (Å²) in [7, 11) is 1.32. The molecular weight excluding hydrogens is 259 g/mol. The summed E-state index contributed by atoms with van der Waals surface area (Å²) in [4.78, 5) is 11.6. The van der Waals surface area contributed by atoms with E-state index in [4.69, 9.17) is 4.74 Å². The molecule has 0 aromatic heterocycles. The lowest BCUT2D eigenvalue weighted by atomic mass is 9.85. The minimum Gasteiger partial charge on any atom is -0.468 e. The van der Waals surface area contributed by atoms with Crippen LogP contribution in [0.15, 0.2) is 0 Å². The van der Waals surface area contributed by atoms with E-state index in [9.17, 15) is 18.0 Å². The highest BCUT2D eigenvalue weighted by atomic mass is 19.4. The Labute approximate surface area is 111 Å². The lowest BCUT2D eigenvalue weighted by Crippen LogP contribution is -2.48. The van der Waals surface area contributed by atoms with Crippen molar-refractivity contribution >= 4 is 5.97 Å². The number of hydrogen-bond donors (Lipinski definition) is 1. The molecule has 1 atom stereocenters. The van der Waals surface area contributed by atoms with E-state index in [0.717, 1.165) is 0 Å². The van der Waals surface area contributed by atoms with Crippen LogP contribution in [0.2, 0.25) is 0 Å². The van der Waals surface area contributed by atoms with Gasteiger partial charge in [0.25, 0.3) is 0 Å². The topological polar surface area (TPSA) is 38.3 Å². The molecule has 0 amide bonds. The van der Waals surface area contributed by atoms with Crippen LogP contribution in [0.3, 0.4) is 0 Å². The van der Waals surface area contributed by atoms with Gasteiger partial charge >= 0.3 is 12.1 Å². The monoisotopic (exact) mass is 281 g/mol. The van der Waals surface area contributed by atoms with Crippen LogP contribution in [0.4, 0.5) is 13.2 Å². The first-order valence-corrected chi connectivity index (χ1v) is 6.66. The maximum Gasteiger partial charge on any atom is 0.391 e. The van der Waals surface area contributed by atoms with Crippen molar-refractivity contribution in [3.05, 3.63) is 0 Å². The predicted octanol–water partition coefficient (Wildman–Crippen LogP) is 2.89. The summed E-state index contributed by atoms with van der Waals surface area (Å²) in [5, 5.41) is 3.14. The van der Waals surface area contributed by atoms with Gasteiger partial charge in [-0.2, -0.15) is 13.2 Å². The molecule has 0 spiro atoms. The van der Waals surface area contributed by atoms with Crippen LogP contribution in [0.1, 0.15) is 39.5 Å². The smallest absolute Gasteiger partial charge is 0.391 e. The van der Waals surface area contributed by atoms with E-state index >= 15 is 0 Å². The van der Waals surface area contributed by atoms with Crippen LogP contribution < -0.4 is 5.32 Å². The molecule has 6 heteroatoms. The molecule has 0 heterocycles. The zero-order chi connectivity index (χ0) is 14.6. The van der Waals surface area contributed by atoms with Crippen LogP contribution in [-0.2, 0) is 9.53 Å². The summed E-state index contributed by atoms with van der Waals surface area (Å²) in [6, 6.07) is -0.484. The minimum absolute atomic E-state index is 0.0369. The van der Waals surface area contributed by atoms with Gasteiger partial charge in [0, 0.05) is 6.04 Å². The van der Waals surface area contributed by atoms with E-state index in [0.29, 0.717) is 12.8 Å². The number of halogens is 3. The Balaban J connectivity index is 2.49. The number of rotatable bonds is 4. The van der Waals surface area contributed by atoms with Crippen LogP contribution in [0.25, 0.3) is 0 Å². The van der Waals surface area contributed by atoms with Gasteiger partial charge in [-0.25, -0.2) is 0 Å². The fourth-order valence-electron chi connectivity index (χ4n) is 2.50. The third-order valence-corrected chi connectivity index (χ3v) is 3.73. The summed E-state index contributed by atoms with van der Waals surface area (Å²) >= 11 is 0. The zero-order valence-electron chi connectivity index (χ0n) is 11.6. The molecule has 1 rings (SSSR count). The molecule has 0 aromatic rings. The number of hydrogen-bond acceptors (Lipinski definition) is 3. The number of nitrogens with one attached hydrogen (secondary N) is 1. The quantitative estimate of drug-likeness (QED) is 0.805. The van der Waals surface area contributed by atoms with Crippen molar-refractivity contribution in [1.82, 2.24) is 5.32 Å². The molecule has 0 radical (unpaired) electrons. The number of ether oxygens (including phenoxy) is 1. The summed E-state index contributed by atoms with van der Waals surface area (Å²) < 4.78 is 42.4. The Kier molecular flexibility index (Phi) is 5.64. The van der Waals surface area contributed by atoms with Gasteiger partial charge in [-0.15, -0.1) is 0 Å². The average molecular weight is 281 g/mol. The molecule has 1 saturated carbocycles. The van der Waals surface area contributed by atoms with Gasteiger partial charge in [-0.05, 0) is 31.6 Å². The molecule has 1 aliphatic carbocycles. The van der Waals surface area contributed by atoms with Gasteiger partial charge in [-0.1, -0.05) is 13.8 Å². The standard InChI is InChI=1S/C13H22F3NO2/c1-8(2)11(12(18)19-3)17-10-6-4-9(5-7-10)13(14,15)16/h8-11,17H,4-7H2,1-3H3. The van der Waals surface area contributed by atoms with E-state index in [1.807, 2.05) is 13.8 Å². The van der Waals surface area contributed by atoms with E-state index in [2.05, 4.69) is 5.32 Å². The molecule has 0 saturated heterocycles. The molecule has 1 aliphatic rings. The third kappa shape index (κ3) is 4.67. The largest absolute Gasteiger partial charge is 0.468 e. The van der Waals surface area contributed by atoms with Crippen LogP contribution in [0.5, 0.6) is 0 Å². The lowest BCUT2D eigenvalue weighted by Gasteiger charge is -2.33. The SMILES string of the molecule is COC(=O)C(NC1CCC(C(F)(F)F)CC1)C(C)C. The Morgan fingerprint density at radius 2 is 1.74 bits per heavy atom. The summed E-state index contributed by atoms with van der Waals surface area (Å²) in [5.74, 6) is -1.50. The third-order valence-electron chi connectivity index (χ3n) is 3.73. The van der Waals surface area contributed by atoms with Gasteiger partial charge in [0.2, 0.25) is 0 Å². The lowest BCUT2D eigenvalue weighted by molar-refractivity contribution is -0.183.